The normalized spacial score (nSPS) is 36.2. The van der Waals surface area contributed by atoms with E-state index in [1.165, 1.54) is 0 Å². The van der Waals surface area contributed by atoms with Crippen molar-refractivity contribution in [2.45, 2.75) is 50.2 Å². The van der Waals surface area contributed by atoms with Crippen LogP contribution < -0.4 is 5.32 Å². The Morgan fingerprint density at radius 1 is 1.33 bits per heavy atom. The number of ether oxygens (including phenoxy) is 2. The Morgan fingerprint density at radius 2 is 2.04 bits per heavy atom. The zero-order valence-electron chi connectivity index (χ0n) is 13.0. The summed E-state index contributed by atoms with van der Waals surface area (Å²) in [6, 6.07) is -0.979. The molecule has 0 saturated carbocycles. The molecule has 10 heteroatoms. The average Bonchev–Trinajstić information content (AvgIpc) is 2.93. The van der Waals surface area contributed by atoms with Gasteiger partial charge in [-0.2, -0.15) is 13.2 Å². The third-order valence-electron chi connectivity index (χ3n) is 4.51. The molecule has 3 N–H and O–H groups in total. The molecule has 2 aliphatic rings. The lowest BCUT2D eigenvalue weighted by molar-refractivity contribution is -0.228. The number of halogens is 3. The van der Waals surface area contributed by atoms with Crippen LogP contribution in [0.5, 0.6) is 0 Å². The van der Waals surface area contributed by atoms with E-state index in [4.69, 9.17) is 9.47 Å². The van der Waals surface area contributed by atoms with Crippen LogP contribution in [-0.2, 0) is 15.7 Å². The van der Waals surface area contributed by atoms with Gasteiger partial charge >= 0.3 is 6.18 Å². The van der Waals surface area contributed by atoms with E-state index >= 15 is 0 Å². The van der Waals surface area contributed by atoms with Crippen LogP contribution in [-0.4, -0.2) is 56.9 Å². The molecule has 7 nitrogen and oxygen atoms in total. The summed E-state index contributed by atoms with van der Waals surface area (Å²) in [4.78, 5) is 6.92. The second-order valence-corrected chi connectivity index (χ2v) is 6.30. The van der Waals surface area contributed by atoms with Gasteiger partial charge in [0.2, 0.25) is 0 Å². The number of nitrogens with zero attached hydrogens (tertiary/aromatic N) is 2. The molecule has 3 rings (SSSR count). The Hall–Kier alpha value is -1.49. The van der Waals surface area contributed by atoms with Crippen LogP contribution in [0.25, 0.3) is 0 Å². The van der Waals surface area contributed by atoms with Gasteiger partial charge in [0, 0.05) is 0 Å². The summed E-state index contributed by atoms with van der Waals surface area (Å²) in [5.41, 5.74) is -2.20. The number of aliphatic hydroxyl groups is 2. The maximum Gasteiger partial charge on any atom is 0.434 e. The van der Waals surface area contributed by atoms with Gasteiger partial charge in [0.25, 0.3) is 0 Å². The van der Waals surface area contributed by atoms with Gasteiger partial charge < -0.3 is 25.0 Å². The van der Waals surface area contributed by atoms with Crippen LogP contribution in [0.1, 0.15) is 19.5 Å². The fourth-order valence-electron chi connectivity index (χ4n) is 3.02. The molecular weight excluding hydrogens is 331 g/mol. The number of aliphatic hydroxyl groups excluding tert-OH is 2. The smallest absolute Gasteiger partial charge is 0.388 e. The number of alkyl halides is 3. The van der Waals surface area contributed by atoms with E-state index in [2.05, 4.69) is 15.3 Å². The summed E-state index contributed by atoms with van der Waals surface area (Å²) in [5.74, 6) is -0.321. The Bertz CT molecular complexity index is 615. The number of hydrogen-bond donors (Lipinski definition) is 3. The van der Waals surface area contributed by atoms with Crippen molar-refractivity contribution in [3.63, 3.8) is 0 Å². The number of hydrogen-bond acceptors (Lipinski definition) is 7. The van der Waals surface area contributed by atoms with E-state index in [0.29, 0.717) is 6.20 Å². The third-order valence-corrected chi connectivity index (χ3v) is 4.51. The molecule has 2 fully saturated rings. The highest BCUT2D eigenvalue weighted by molar-refractivity contribution is 5.35. The predicted octanol–water partition coefficient (Wildman–Crippen LogP) is 0.779. The van der Waals surface area contributed by atoms with Crippen molar-refractivity contribution in [3.05, 3.63) is 18.1 Å². The van der Waals surface area contributed by atoms with Crippen molar-refractivity contribution in [1.82, 2.24) is 9.97 Å². The van der Waals surface area contributed by atoms with Crippen LogP contribution in [0.3, 0.4) is 0 Å². The van der Waals surface area contributed by atoms with Gasteiger partial charge in [-0.25, -0.2) is 4.98 Å². The highest BCUT2D eigenvalue weighted by Crippen LogP contribution is 2.42. The van der Waals surface area contributed by atoms with Crippen molar-refractivity contribution >= 4 is 5.82 Å². The van der Waals surface area contributed by atoms with Crippen molar-refractivity contribution in [1.29, 1.82) is 0 Å². The van der Waals surface area contributed by atoms with E-state index in [1.807, 2.05) is 13.8 Å². The largest absolute Gasteiger partial charge is 0.434 e. The van der Waals surface area contributed by atoms with Crippen molar-refractivity contribution in [2.75, 3.05) is 11.9 Å². The standard InChI is InChI=1S/C14H18F3N3O4/c1-6(2)13-5-23-12(24-13)9(10(21)11(13)22)20-8-4-18-3-7(19-8)14(15,16)17/h3-4,6,9-12,21-22H,5H2,1-2H3,(H,19,20)/t9?,10-,11-,12+,13-/m1/s1. The molecule has 0 aromatic carbocycles. The Kier molecular flexibility index (Phi) is 4.19. The Balaban J connectivity index is 1.82. The van der Waals surface area contributed by atoms with Gasteiger partial charge in [0.05, 0.1) is 19.0 Å². The van der Waals surface area contributed by atoms with Crippen molar-refractivity contribution < 1.29 is 32.9 Å². The number of fused-ring (bicyclic) bond motifs is 2. The lowest BCUT2D eigenvalue weighted by atomic mass is 9.80. The van der Waals surface area contributed by atoms with Crippen LogP contribution in [0.4, 0.5) is 19.0 Å². The fourth-order valence-corrected chi connectivity index (χ4v) is 3.02. The van der Waals surface area contributed by atoms with Crippen molar-refractivity contribution in [2.24, 2.45) is 5.92 Å². The summed E-state index contributed by atoms with van der Waals surface area (Å²) in [7, 11) is 0. The predicted molar refractivity (Wildman–Crippen MR) is 74.9 cm³/mol. The number of aromatic nitrogens is 2. The molecule has 1 unspecified atom stereocenters. The molecule has 3 heterocycles. The lowest BCUT2D eigenvalue weighted by Crippen LogP contribution is -2.64. The maximum absolute atomic E-state index is 12.7. The van der Waals surface area contributed by atoms with Gasteiger partial charge in [-0.15, -0.1) is 0 Å². The zero-order valence-corrected chi connectivity index (χ0v) is 13.0. The second-order valence-electron chi connectivity index (χ2n) is 6.30. The van der Waals surface area contributed by atoms with Crippen LogP contribution in [0.15, 0.2) is 12.4 Å². The first-order valence-corrected chi connectivity index (χ1v) is 7.46. The molecule has 2 aliphatic heterocycles. The first kappa shape index (κ1) is 17.3. The second kappa shape index (κ2) is 5.80. The molecule has 2 saturated heterocycles. The highest BCUT2D eigenvalue weighted by Gasteiger charge is 2.60. The van der Waals surface area contributed by atoms with E-state index < -0.39 is 42.0 Å². The summed E-state index contributed by atoms with van der Waals surface area (Å²) in [6.07, 6.45) is -6.42. The van der Waals surface area contributed by atoms with Gasteiger partial charge in [0.1, 0.15) is 29.7 Å². The summed E-state index contributed by atoms with van der Waals surface area (Å²) >= 11 is 0. The maximum atomic E-state index is 12.7. The average molecular weight is 349 g/mol. The van der Waals surface area contributed by atoms with Gasteiger partial charge in [-0.3, -0.25) is 4.98 Å². The van der Waals surface area contributed by atoms with Crippen LogP contribution in [0.2, 0.25) is 0 Å². The quantitative estimate of drug-likeness (QED) is 0.742. The summed E-state index contributed by atoms with van der Waals surface area (Å²) < 4.78 is 49.4. The first-order valence-electron chi connectivity index (χ1n) is 7.46. The van der Waals surface area contributed by atoms with Gasteiger partial charge in [-0.05, 0) is 5.92 Å². The van der Waals surface area contributed by atoms with Gasteiger partial charge in [0.15, 0.2) is 12.0 Å². The molecule has 0 amide bonds. The van der Waals surface area contributed by atoms with E-state index in [-0.39, 0.29) is 18.3 Å². The third kappa shape index (κ3) is 2.73. The molecule has 1 aromatic rings. The van der Waals surface area contributed by atoms with Crippen LogP contribution in [0, 0.1) is 5.92 Å². The number of rotatable bonds is 3. The SMILES string of the molecule is CC(C)[C@@]12CO[C@@H](O1)C(Nc1cncc(C(F)(F)F)n1)[C@@H](O)[C@H]2O. The molecule has 24 heavy (non-hydrogen) atoms. The highest BCUT2D eigenvalue weighted by atomic mass is 19.4. The molecular formula is C14H18F3N3O4. The van der Waals surface area contributed by atoms with Crippen LogP contribution >= 0.6 is 0 Å². The zero-order chi connectivity index (χ0) is 17.7. The minimum Gasteiger partial charge on any atom is -0.388 e. The van der Waals surface area contributed by atoms with E-state index in [1.54, 1.807) is 0 Å². The monoisotopic (exact) mass is 349 g/mol. The Morgan fingerprint density at radius 3 is 2.67 bits per heavy atom. The minimum atomic E-state index is -4.64. The Labute approximate surface area is 135 Å². The molecule has 0 spiro atoms. The van der Waals surface area contributed by atoms with E-state index in [0.717, 1.165) is 6.20 Å². The molecule has 5 atom stereocenters. The topological polar surface area (TPSA) is 96.7 Å². The number of anilines is 1. The summed E-state index contributed by atoms with van der Waals surface area (Å²) in [5, 5.41) is 23.4. The lowest BCUT2D eigenvalue weighted by Gasteiger charge is -2.45. The number of nitrogens with one attached hydrogen (secondary N) is 1. The molecule has 0 radical (unpaired) electrons. The molecule has 134 valence electrons. The fraction of sp³-hybridized carbons (Fsp3) is 0.714. The molecule has 0 aliphatic carbocycles. The van der Waals surface area contributed by atoms with E-state index in [9.17, 15) is 23.4 Å². The summed E-state index contributed by atoms with van der Waals surface area (Å²) in [6.45, 7) is 3.74. The first-order chi connectivity index (χ1) is 11.1. The van der Waals surface area contributed by atoms with Gasteiger partial charge in [-0.1, -0.05) is 13.8 Å². The van der Waals surface area contributed by atoms with Crippen molar-refractivity contribution in [3.8, 4) is 0 Å². The minimum absolute atomic E-state index is 0.0833. The molecule has 1 aromatic heterocycles. The molecule has 2 bridgehead atoms.